The van der Waals surface area contributed by atoms with Gasteiger partial charge in [0.25, 0.3) is 11.8 Å². The zero-order chi connectivity index (χ0) is 22.3. The Balaban J connectivity index is 1.62. The van der Waals surface area contributed by atoms with Gasteiger partial charge in [0, 0.05) is 18.7 Å². The Kier molecular flexibility index (Phi) is 5.70. The molecule has 2 aliphatic rings. The normalized spacial score (nSPS) is 23.3. The van der Waals surface area contributed by atoms with E-state index in [-0.39, 0.29) is 42.5 Å². The zero-order valence-corrected chi connectivity index (χ0v) is 16.5. The number of carbonyl (C=O) groups excluding carboxylic acids is 1. The Morgan fingerprint density at radius 1 is 1.23 bits per heavy atom. The van der Waals surface area contributed by atoms with Gasteiger partial charge in [-0.05, 0) is 24.1 Å². The van der Waals surface area contributed by atoms with Gasteiger partial charge in [-0.1, -0.05) is 6.07 Å². The summed E-state index contributed by atoms with van der Waals surface area (Å²) < 4.78 is 88.3. The maximum Gasteiger partial charge on any atom is 0.315 e. The molecule has 1 aromatic carbocycles. The van der Waals surface area contributed by atoms with E-state index in [1.165, 1.54) is 18.2 Å². The molecular weight excluding hydrogens is 448 g/mol. The summed E-state index contributed by atoms with van der Waals surface area (Å²) in [6.07, 6.45) is -6.02. The van der Waals surface area contributed by atoms with Gasteiger partial charge in [0.05, 0.1) is 23.6 Å². The summed E-state index contributed by atoms with van der Waals surface area (Å²) in [5, 5.41) is 8.87. The second-order valence-corrected chi connectivity index (χ2v) is 8.82. The summed E-state index contributed by atoms with van der Waals surface area (Å²) in [5.41, 5.74) is 0.556. The van der Waals surface area contributed by atoms with E-state index in [4.69, 9.17) is 9.15 Å². The van der Waals surface area contributed by atoms with Crippen molar-refractivity contribution >= 4 is 15.9 Å². The number of amides is 1. The van der Waals surface area contributed by atoms with Gasteiger partial charge >= 0.3 is 12.9 Å². The number of alkyl halides is 4. The number of hydrogen-bond acceptors (Lipinski definition) is 7. The Morgan fingerprint density at radius 3 is 2.68 bits per heavy atom. The van der Waals surface area contributed by atoms with E-state index in [1.54, 1.807) is 0 Å². The fraction of sp³-hybridized carbons (Fsp3) is 0.471. The lowest BCUT2D eigenvalue weighted by molar-refractivity contribution is -0.134. The molecule has 4 rings (SSSR count). The van der Waals surface area contributed by atoms with Crippen molar-refractivity contribution in [1.82, 2.24) is 19.8 Å². The highest BCUT2D eigenvalue weighted by Crippen LogP contribution is 2.37. The average Bonchev–Trinajstić information content (AvgIpc) is 3.32. The fourth-order valence-electron chi connectivity index (χ4n) is 3.63. The van der Waals surface area contributed by atoms with Gasteiger partial charge in [-0.3, -0.25) is 4.79 Å². The zero-order valence-electron chi connectivity index (χ0n) is 15.7. The molecule has 2 aliphatic heterocycles. The van der Waals surface area contributed by atoms with Crippen molar-refractivity contribution < 1.29 is 39.9 Å². The summed E-state index contributed by atoms with van der Waals surface area (Å²) >= 11 is 0. The van der Waals surface area contributed by atoms with Crippen LogP contribution in [-0.2, 0) is 26.1 Å². The van der Waals surface area contributed by atoms with Crippen LogP contribution in [0.2, 0.25) is 0 Å². The van der Waals surface area contributed by atoms with Crippen molar-refractivity contribution in [3.05, 3.63) is 29.7 Å². The third kappa shape index (κ3) is 4.02. The first kappa shape index (κ1) is 21.6. The molecule has 0 bridgehead atoms. The number of nitrogens with one attached hydrogen (secondary N) is 1. The van der Waals surface area contributed by atoms with Crippen molar-refractivity contribution in [2.45, 2.75) is 42.8 Å². The van der Waals surface area contributed by atoms with Crippen LogP contribution >= 0.6 is 0 Å². The number of aromatic nitrogens is 2. The van der Waals surface area contributed by atoms with Crippen LogP contribution in [0, 0.1) is 0 Å². The number of hydrogen-bond donors (Lipinski definition) is 1. The third-order valence-corrected chi connectivity index (χ3v) is 7.02. The molecule has 9 nitrogen and oxygen atoms in total. The van der Waals surface area contributed by atoms with Gasteiger partial charge in [-0.15, -0.1) is 10.2 Å². The Hall–Kier alpha value is -2.58. The molecule has 0 saturated carbocycles. The minimum absolute atomic E-state index is 0.0459. The molecule has 31 heavy (non-hydrogen) atoms. The summed E-state index contributed by atoms with van der Waals surface area (Å²) in [5.74, 6) is -2.66. The second kappa shape index (κ2) is 8.16. The lowest BCUT2D eigenvalue weighted by Crippen LogP contribution is -2.57. The molecular formula is C17H16F4N4O5S. The number of sulfonamides is 1. The lowest BCUT2D eigenvalue weighted by Gasteiger charge is -2.37. The highest BCUT2D eigenvalue weighted by atomic mass is 32.2. The van der Waals surface area contributed by atoms with Crippen LogP contribution in [0.25, 0.3) is 11.5 Å². The second-order valence-electron chi connectivity index (χ2n) is 6.97. The quantitative estimate of drug-likeness (QED) is 0.670. The van der Waals surface area contributed by atoms with Gasteiger partial charge in [-0.25, -0.2) is 8.42 Å². The van der Waals surface area contributed by atoms with Gasteiger partial charge in [0.2, 0.25) is 15.9 Å². The highest BCUT2D eigenvalue weighted by Gasteiger charge is 2.44. The summed E-state index contributed by atoms with van der Waals surface area (Å²) in [6, 6.07) is 2.43. The Labute approximate surface area is 173 Å². The van der Waals surface area contributed by atoms with Crippen LogP contribution in [0.15, 0.2) is 27.5 Å². The predicted molar refractivity (Wildman–Crippen MR) is 94.6 cm³/mol. The number of benzene rings is 1. The number of carbonyl (C=O) groups is 1. The van der Waals surface area contributed by atoms with Gasteiger partial charge in [0.15, 0.2) is 0 Å². The summed E-state index contributed by atoms with van der Waals surface area (Å²) in [6.45, 7) is 0.0304. The molecule has 168 valence electrons. The molecule has 2 atom stereocenters. The fourth-order valence-corrected chi connectivity index (χ4v) is 5.54. The number of ether oxygens (including phenoxy) is 1. The van der Waals surface area contributed by atoms with Crippen molar-refractivity contribution in [1.29, 1.82) is 0 Å². The van der Waals surface area contributed by atoms with E-state index < -0.39 is 46.8 Å². The van der Waals surface area contributed by atoms with Crippen molar-refractivity contribution in [2.75, 3.05) is 13.2 Å². The van der Waals surface area contributed by atoms with Gasteiger partial charge in [0.1, 0.15) is 0 Å². The minimum Gasteiger partial charge on any atom is -0.415 e. The first-order valence-corrected chi connectivity index (χ1v) is 10.6. The van der Waals surface area contributed by atoms with Crippen molar-refractivity contribution in [3.8, 4) is 11.5 Å². The van der Waals surface area contributed by atoms with Crippen molar-refractivity contribution in [3.63, 3.8) is 0 Å². The van der Waals surface area contributed by atoms with Crippen LogP contribution in [0.3, 0.4) is 0 Å². The molecule has 0 spiro atoms. The molecule has 0 radical (unpaired) electrons. The van der Waals surface area contributed by atoms with Crippen LogP contribution in [0.5, 0.6) is 0 Å². The summed E-state index contributed by atoms with van der Waals surface area (Å²) in [4.78, 5) is 11.4. The molecule has 1 saturated heterocycles. The molecule has 0 aliphatic carbocycles. The number of nitrogens with zero attached hydrogens (tertiary/aromatic N) is 3. The van der Waals surface area contributed by atoms with E-state index in [0.29, 0.717) is 5.56 Å². The van der Waals surface area contributed by atoms with Crippen LogP contribution in [0.1, 0.15) is 24.3 Å². The van der Waals surface area contributed by atoms with Crippen LogP contribution in [-0.4, -0.2) is 60.6 Å². The largest absolute Gasteiger partial charge is 0.415 e. The van der Waals surface area contributed by atoms with Crippen molar-refractivity contribution in [2.24, 2.45) is 0 Å². The topological polar surface area (TPSA) is 115 Å². The first-order valence-electron chi connectivity index (χ1n) is 9.11. The molecule has 0 unspecified atom stereocenters. The maximum atomic E-state index is 13.2. The molecule has 3 heterocycles. The Morgan fingerprint density at radius 2 is 2.00 bits per heavy atom. The number of fused-ring (bicyclic) bond motifs is 1. The molecule has 1 amide bonds. The van der Waals surface area contributed by atoms with E-state index in [9.17, 15) is 30.8 Å². The monoisotopic (exact) mass is 464 g/mol. The first-order chi connectivity index (χ1) is 14.7. The highest BCUT2D eigenvalue weighted by molar-refractivity contribution is 7.89. The SMILES string of the molecule is O=C(N[C@@H]1COCC[C@H]1N1Cc2ccc(-c3nnc(C(F)F)o3)cc2S1(=O)=O)C(F)F. The molecule has 2 aromatic rings. The van der Waals surface area contributed by atoms with E-state index in [1.807, 2.05) is 0 Å². The molecule has 1 fully saturated rings. The van der Waals surface area contributed by atoms with Crippen LogP contribution in [0.4, 0.5) is 17.6 Å². The van der Waals surface area contributed by atoms with Gasteiger partial charge < -0.3 is 14.5 Å². The third-order valence-electron chi connectivity index (χ3n) is 5.07. The predicted octanol–water partition coefficient (Wildman–Crippen LogP) is 1.72. The van der Waals surface area contributed by atoms with E-state index >= 15 is 0 Å². The molecule has 1 N–H and O–H groups in total. The number of rotatable bonds is 5. The smallest absolute Gasteiger partial charge is 0.315 e. The lowest BCUT2D eigenvalue weighted by atomic mass is 10.0. The van der Waals surface area contributed by atoms with E-state index in [0.717, 1.165) is 4.31 Å². The average molecular weight is 464 g/mol. The number of halogens is 4. The van der Waals surface area contributed by atoms with Gasteiger partial charge in [-0.2, -0.15) is 21.9 Å². The van der Waals surface area contributed by atoms with Crippen LogP contribution < -0.4 is 5.32 Å². The molecule has 14 heteroatoms. The summed E-state index contributed by atoms with van der Waals surface area (Å²) in [7, 11) is -4.07. The van der Waals surface area contributed by atoms with E-state index in [2.05, 4.69) is 15.5 Å². The standard InChI is InChI=1S/C17H16F4N4O5S/c18-13(19)15(26)22-10-7-29-4-3-11(10)25-6-9-2-1-8(5-12(9)31(25,27)28)16-23-24-17(30-16)14(20)21/h1-2,5,10-11,13-14H,3-4,6-7H2,(H,22,26)/t10-,11-/m1/s1. The maximum absolute atomic E-state index is 13.2. The Bertz CT molecular complexity index is 1090. The minimum atomic E-state index is -4.07. The molecule has 1 aromatic heterocycles.